The molecular formula is C14H17BrFN5O5S. The zero-order valence-corrected chi connectivity index (χ0v) is 16.3. The van der Waals surface area contributed by atoms with Gasteiger partial charge in [-0.15, -0.1) is 0 Å². The van der Waals surface area contributed by atoms with E-state index in [1.54, 1.807) is 0 Å². The van der Waals surface area contributed by atoms with E-state index in [0.29, 0.717) is 5.69 Å². The van der Waals surface area contributed by atoms with Crippen LogP contribution in [-0.2, 0) is 9.84 Å². The average molecular weight is 466 g/mol. The Kier molecular flexibility index (Phi) is 7.65. The Hall–Kier alpha value is -2.09. The Bertz CT molecular complexity index is 905. The van der Waals surface area contributed by atoms with E-state index in [1.807, 2.05) is 5.48 Å². The first-order chi connectivity index (χ1) is 12.9. The fourth-order valence-electron chi connectivity index (χ4n) is 2.01. The average Bonchev–Trinajstić information content (AvgIpc) is 3.08. The van der Waals surface area contributed by atoms with Crippen LogP contribution in [0.15, 0.2) is 32.3 Å². The number of amidine groups is 1. The van der Waals surface area contributed by atoms with Crippen LogP contribution in [-0.4, -0.2) is 59.5 Å². The molecule has 0 radical (unpaired) electrons. The third-order valence-electron chi connectivity index (χ3n) is 3.29. The van der Waals surface area contributed by atoms with Crippen molar-refractivity contribution < 1.29 is 27.8 Å². The van der Waals surface area contributed by atoms with Crippen LogP contribution >= 0.6 is 15.9 Å². The summed E-state index contributed by atoms with van der Waals surface area (Å²) < 4.78 is 41.2. The molecule has 2 aromatic rings. The van der Waals surface area contributed by atoms with Gasteiger partial charge in [0.25, 0.3) is 0 Å². The van der Waals surface area contributed by atoms with Gasteiger partial charge in [-0.25, -0.2) is 22.4 Å². The molecular weight excluding hydrogens is 449 g/mol. The minimum absolute atomic E-state index is 0.0520. The maximum atomic E-state index is 13.3. The van der Waals surface area contributed by atoms with E-state index in [-0.39, 0.29) is 46.3 Å². The summed E-state index contributed by atoms with van der Waals surface area (Å²) in [5.41, 5.74) is 2.25. The van der Waals surface area contributed by atoms with Crippen LogP contribution in [0.2, 0.25) is 0 Å². The molecule has 0 aliphatic rings. The summed E-state index contributed by atoms with van der Waals surface area (Å²) in [5, 5.41) is 28.1. The van der Waals surface area contributed by atoms with Crippen LogP contribution in [0.25, 0.3) is 0 Å². The molecule has 0 saturated heterocycles. The van der Waals surface area contributed by atoms with Gasteiger partial charge >= 0.3 is 0 Å². The number of halogens is 2. The predicted octanol–water partition coefficient (Wildman–Crippen LogP) is 1.24. The third kappa shape index (κ3) is 6.23. The van der Waals surface area contributed by atoms with Crippen molar-refractivity contribution in [2.24, 2.45) is 4.99 Å². The Morgan fingerprint density at radius 2 is 2.11 bits per heavy atom. The molecule has 0 unspecified atom stereocenters. The van der Waals surface area contributed by atoms with Crippen molar-refractivity contribution >= 4 is 43.1 Å². The normalized spacial score (nSPS) is 12.2. The largest absolute Gasteiger partial charge is 0.395 e. The molecule has 1 aromatic carbocycles. The molecule has 0 amide bonds. The molecule has 27 heavy (non-hydrogen) atoms. The fraction of sp³-hybridized carbons (Fsp3) is 0.357. The minimum Gasteiger partial charge on any atom is -0.395 e. The molecule has 4 N–H and O–H groups in total. The summed E-state index contributed by atoms with van der Waals surface area (Å²) in [6, 6.07) is 3.99. The first kappa shape index (κ1) is 21.2. The second-order valence-electron chi connectivity index (χ2n) is 5.29. The number of nitrogens with one attached hydrogen (secondary N) is 2. The molecule has 13 heteroatoms. The van der Waals surface area contributed by atoms with Crippen LogP contribution in [0.4, 0.5) is 15.9 Å². The van der Waals surface area contributed by atoms with E-state index >= 15 is 0 Å². The lowest BCUT2D eigenvalue weighted by molar-refractivity contribution is 0.234. The predicted molar refractivity (Wildman–Crippen MR) is 98.4 cm³/mol. The lowest BCUT2D eigenvalue weighted by Crippen LogP contribution is -2.22. The number of rotatable bonds is 9. The van der Waals surface area contributed by atoms with E-state index in [9.17, 15) is 18.0 Å². The van der Waals surface area contributed by atoms with Crippen LogP contribution in [0.5, 0.6) is 0 Å². The number of aliphatic hydroxyl groups excluding tert-OH is 1. The SMILES string of the molecule is O=S(=O)(CCO)CCCNc1nonc1C(=Nc1ccc(F)c(Br)c1)NO. The third-order valence-corrected chi connectivity index (χ3v) is 5.61. The summed E-state index contributed by atoms with van der Waals surface area (Å²) in [6.45, 7) is -0.193. The molecule has 0 bridgehead atoms. The van der Waals surface area contributed by atoms with Gasteiger partial charge in [0.15, 0.2) is 21.4 Å². The smallest absolute Gasteiger partial charge is 0.202 e. The molecule has 0 aliphatic carbocycles. The number of anilines is 1. The van der Waals surface area contributed by atoms with Gasteiger partial charge in [0.05, 0.1) is 28.3 Å². The van der Waals surface area contributed by atoms with E-state index < -0.39 is 22.3 Å². The monoisotopic (exact) mass is 465 g/mol. The maximum Gasteiger partial charge on any atom is 0.202 e. The Morgan fingerprint density at radius 3 is 2.78 bits per heavy atom. The lowest BCUT2D eigenvalue weighted by atomic mass is 10.3. The van der Waals surface area contributed by atoms with Crippen LogP contribution in [0.1, 0.15) is 12.1 Å². The molecule has 148 valence electrons. The highest BCUT2D eigenvalue weighted by Crippen LogP contribution is 2.23. The van der Waals surface area contributed by atoms with Crippen molar-refractivity contribution in [3.05, 3.63) is 34.2 Å². The van der Waals surface area contributed by atoms with Crippen molar-refractivity contribution in [1.29, 1.82) is 0 Å². The zero-order chi connectivity index (χ0) is 19.9. The maximum absolute atomic E-state index is 13.3. The molecule has 0 fully saturated rings. The standard InChI is InChI=1S/C14H17BrFN5O5S/c15-10-8-9(2-3-11(10)16)18-14(19-23)12-13(21-26-20-12)17-4-1-6-27(24,25)7-5-22/h2-3,8,22-23H,1,4-7H2,(H,17,21)(H,18,19). The number of benzene rings is 1. The number of hydrogen-bond donors (Lipinski definition) is 4. The molecule has 0 atom stereocenters. The fourth-order valence-corrected chi connectivity index (χ4v) is 3.45. The van der Waals surface area contributed by atoms with Crippen molar-refractivity contribution in [2.45, 2.75) is 6.42 Å². The van der Waals surface area contributed by atoms with Gasteiger partial charge in [-0.1, -0.05) is 0 Å². The summed E-state index contributed by atoms with van der Waals surface area (Å²) >= 11 is 3.04. The number of hydrogen-bond acceptors (Lipinski definition) is 9. The first-order valence-electron chi connectivity index (χ1n) is 7.68. The second kappa shape index (κ2) is 9.73. The quantitative estimate of drug-likeness (QED) is 0.185. The second-order valence-corrected chi connectivity index (χ2v) is 8.45. The molecule has 0 aliphatic heterocycles. The van der Waals surface area contributed by atoms with Crippen LogP contribution in [0.3, 0.4) is 0 Å². The molecule has 10 nitrogen and oxygen atoms in total. The lowest BCUT2D eigenvalue weighted by Gasteiger charge is -2.06. The number of nitrogens with zero attached hydrogens (tertiary/aromatic N) is 3. The number of aromatic nitrogens is 2. The number of aliphatic imine (C=N–C) groups is 1. The van der Waals surface area contributed by atoms with E-state index in [4.69, 9.17) is 5.11 Å². The topological polar surface area (TPSA) is 150 Å². The zero-order valence-electron chi connectivity index (χ0n) is 13.9. The summed E-state index contributed by atoms with van der Waals surface area (Å²) in [6.07, 6.45) is 0.262. The van der Waals surface area contributed by atoms with Gasteiger partial charge in [-0.3, -0.25) is 10.7 Å². The Labute approximate surface area is 162 Å². The van der Waals surface area contributed by atoms with E-state index in [1.165, 1.54) is 18.2 Å². The van der Waals surface area contributed by atoms with Crippen molar-refractivity contribution in [3.8, 4) is 0 Å². The van der Waals surface area contributed by atoms with Crippen molar-refractivity contribution in [2.75, 3.05) is 30.0 Å². The summed E-state index contributed by atoms with van der Waals surface area (Å²) in [4.78, 5) is 4.11. The molecule has 1 heterocycles. The van der Waals surface area contributed by atoms with Gasteiger partial charge in [0, 0.05) is 6.54 Å². The van der Waals surface area contributed by atoms with Gasteiger partial charge in [-0.05, 0) is 50.9 Å². The van der Waals surface area contributed by atoms with Crippen molar-refractivity contribution in [1.82, 2.24) is 15.8 Å². The highest BCUT2D eigenvalue weighted by atomic mass is 79.9. The summed E-state index contributed by atoms with van der Waals surface area (Å²) in [7, 11) is -3.31. The van der Waals surface area contributed by atoms with Gasteiger partial charge in [0.1, 0.15) is 5.82 Å². The Balaban J connectivity index is 2.07. The van der Waals surface area contributed by atoms with Gasteiger partial charge < -0.3 is 10.4 Å². The van der Waals surface area contributed by atoms with Crippen LogP contribution < -0.4 is 10.8 Å². The Morgan fingerprint density at radius 1 is 1.33 bits per heavy atom. The van der Waals surface area contributed by atoms with E-state index in [2.05, 4.69) is 41.2 Å². The number of sulfone groups is 1. The summed E-state index contributed by atoms with van der Waals surface area (Å²) in [5.74, 6) is -0.832. The molecule has 2 rings (SSSR count). The number of aliphatic hydroxyl groups is 1. The highest BCUT2D eigenvalue weighted by molar-refractivity contribution is 9.10. The highest BCUT2D eigenvalue weighted by Gasteiger charge is 2.17. The molecule has 0 spiro atoms. The van der Waals surface area contributed by atoms with Crippen LogP contribution in [0, 0.1) is 5.82 Å². The van der Waals surface area contributed by atoms with Crippen molar-refractivity contribution in [3.63, 3.8) is 0 Å². The number of hydroxylamine groups is 1. The first-order valence-corrected chi connectivity index (χ1v) is 10.3. The molecule has 1 aromatic heterocycles. The van der Waals surface area contributed by atoms with Gasteiger partial charge in [-0.2, -0.15) is 0 Å². The molecule has 0 saturated carbocycles. The van der Waals surface area contributed by atoms with E-state index in [0.717, 1.165) is 0 Å². The van der Waals surface area contributed by atoms with Gasteiger partial charge in [0.2, 0.25) is 5.82 Å². The minimum atomic E-state index is -3.31.